The summed E-state index contributed by atoms with van der Waals surface area (Å²) in [4.78, 5) is 12.6. The lowest BCUT2D eigenvalue weighted by Crippen LogP contribution is -2.33. The summed E-state index contributed by atoms with van der Waals surface area (Å²) >= 11 is 0. The van der Waals surface area contributed by atoms with Crippen molar-refractivity contribution in [2.45, 2.75) is 19.1 Å². The summed E-state index contributed by atoms with van der Waals surface area (Å²) in [7, 11) is 0. The highest BCUT2D eigenvalue weighted by atomic mass is 16.3. The van der Waals surface area contributed by atoms with Crippen molar-refractivity contribution in [3.05, 3.63) is 65.8 Å². The predicted molar refractivity (Wildman–Crippen MR) is 85.5 cm³/mol. The summed E-state index contributed by atoms with van der Waals surface area (Å²) in [6.07, 6.45) is 9.23. The average molecular weight is 293 g/mol. The third-order valence-corrected chi connectivity index (χ3v) is 5.04. The maximum absolute atomic E-state index is 12.6. The molecular formula is C19H19NO2. The number of rotatable bonds is 2. The Balaban J connectivity index is 1.73. The molecule has 2 N–H and O–H groups in total. The van der Waals surface area contributed by atoms with E-state index in [9.17, 15) is 9.90 Å². The molecule has 0 amide bonds. The van der Waals surface area contributed by atoms with E-state index >= 15 is 0 Å². The molecule has 22 heavy (non-hydrogen) atoms. The molecular weight excluding hydrogens is 274 g/mol. The van der Waals surface area contributed by atoms with Gasteiger partial charge in [-0.3, -0.25) is 4.79 Å². The molecule has 112 valence electrons. The van der Waals surface area contributed by atoms with Gasteiger partial charge in [0.15, 0.2) is 5.78 Å². The van der Waals surface area contributed by atoms with Gasteiger partial charge in [-0.1, -0.05) is 54.6 Å². The van der Waals surface area contributed by atoms with Crippen LogP contribution < -0.4 is 5.32 Å². The minimum Gasteiger partial charge on any atom is -0.373 e. The first-order valence-corrected chi connectivity index (χ1v) is 7.86. The fourth-order valence-corrected chi connectivity index (χ4v) is 4.04. The number of aliphatic hydroxyl groups is 1. The second kappa shape index (κ2) is 5.25. The number of nitrogens with one attached hydrogen (secondary N) is 1. The van der Waals surface area contributed by atoms with Gasteiger partial charge in [0.05, 0.1) is 5.70 Å². The van der Waals surface area contributed by atoms with Crippen LogP contribution in [-0.4, -0.2) is 17.1 Å². The van der Waals surface area contributed by atoms with Crippen LogP contribution in [0.3, 0.4) is 0 Å². The molecule has 0 aromatic heterocycles. The van der Waals surface area contributed by atoms with Crippen molar-refractivity contribution < 1.29 is 9.90 Å². The summed E-state index contributed by atoms with van der Waals surface area (Å²) in [6, 6.07) is 9.82. The maximum atomic E-state index is 12.6. The molecule has 1 aliphatic heterocycles. The fourth-order valence-electron chi connectivity index (χ4n) is 4.04. The Morgan fingerprint density at radius 1 is 1.14 bits per heavy atom. The third-order valence-electron chi connectivity index (χ3n) is 5.04. The van der Waals surface area contributed by atoms with E-state index in [0.29, 0.717) is 12.3 Å². The van der Waals surface area contributed by atoms with Gasteiger partial charge < -0.3 is 10.4 Å². The zero-order valence-electron chi connectivity index (χ0n) is 12.3. The van der Waals surface area contributed by atoms with E-state index in [-0.39, 0.29) is 17.6 Å². The van der Waals surface area contributed by atoms with Gasteiger partial charge in [-0.25, -0.2) is 0 Å². The SMILES string of the molecule is O=C1CC(C2C=CC=CC2)C2C1=C(c1ccccc1)NC2O. The van der Waals surface area contributed by atoms with E-state index in [1.807, 2.05) is 42.5 Å². The lowest BCUT2D eigenvalue weighted by Gasteiger charge is -2.27. The van der Waals surface area contributed by atoms with Crippen molar-refractivity contribution in [3.63, 3.8) is 0 Å². The van der Waals surface area contributed by atoms with E-state index in [1.165, 1.54) is 0 Å². The van der Waals surface area contributed by atoms with E-state index in [4.69, 9.17) is 0 Å². The Hall–Kier alpha value is -2.13. The molecule has 3 nitrogen and oxygen atoms in total. The Kier molecular flexibility index (Phi) is 3.23. The molecule has 0 bridgehead atoms. The summed E-state index contributed by atoms with van der Waals surface area (Å²) in [6.45, 7) is 0. The van der Waals surface area contributed by atoms with Crippen molar-refractivity contribution >= 4 is 11.5 Å². The molecule has 4 rings (SSSR count). The zero-order chi connectivity index (χ0) is 15.1. The third kappa shape index (κ3) is 2.04. The quantitative estimate of drug-likeness (QED) is 0.881. The van der Waals surface area contributed by atoms with Crippen molar-refractivity contribution in [1.29, 1.82) is 0 Å². The molecule has 4 atom stereocenters. The number of hydrogen-bond donors (Lipinski definition) is 2. The molecule has 3 aliphatic rings. The van der Waals surface area contributed by atoms with E-state index < -0.39 is 6.23 Å². The number of fused-ring (bicyclic) bond motifs is 1. The first-order chi connectivity index (χ1) is 10.8. The van der Waals surface area contributed by atoms with Crippen molar-refractivity contribution in [2.24, 2.45) is 17.8 Å². The van der Waals surface area contributed by atoms with E-state index in [0.717, 1.165) is 23.3 Å². The van der Waals surface area contributed by atoms with Gasteiger partial charge in [-0.15, -0.1) is 0 Å². The zero-order valence-corrected chi connectivity index (χ0v) is 12.3. The van der Waals surface area contributed by atoms with Crippen LogP contribution in [0.2, 0.25) is 0 Å². The number of carbonyl (C=O) groups excluding carboxylic acids is 1. The van der Waals surface area contributed by atoms with E-state index in [2.05, 4.69) is 17.5 Å². The Labute approximate surface area is 130 Å². The first-order valence-electron chi connectivity index (χ1n) is 7.86. The second-order valence-corrected chi connectivity index (χ2v) is 6.27. The number of Topliss-reactive ketones (excluding diaryl/α,β-unsaturated/α-hetero) is 1. The molecule has 1 fully saturated rings. The largest absolute Gasteiger partial charge is 0.373 e. The number of allylic oxidation sites excluding steroid dienone is 4. The van der Waals surface area contributed by atoms with Gasteiger partial charge in [0, 0.05) is 17.9 Å². The van der Waals surface area contributed by atoms with Crippen LogP contribution in [0.4, 0.5) is 0 Å². The topological polar surface area (TPSA) is 49.3 Å². The molecule has 1 aromatic rings. The fraction of sp³-hybridized carbons (Fsp3) is 0.316. The number of benzene rings is 1. The van der Waals surface area contributed by atoms with Gasteiger partial charge in [0.2, 0.25) is 0 Å². The van der Waals surface area contributed by atoms with Crippen molar-refractivity contribution in [3.8, 4) is 0 Å². The van der Waals surface area contributed by atoms with Crippen molar-refractivity contribution in [1.82, 2.24) is 5.32 Å². The van der Waals surface area contributed by atoms with Crippen LogP contribution in [0.25, 0.3) is 5.70 Å². The van der Waals surface area contributed by atoms with Crippen LogP contribution in [0, 0.1) is 17.8 Å². The summed E-state index contributed by atoms with van der Waals surface area (Å²) in [5.74, 6) is 0.611. The molecule has 0 radical (unpaired) electrons. The molecule has 0 saturated heterocycles. The first kappa shape index (κ1) is 13.5. The highest BCUT2D eigenvalue weighted by Crippen LogP contribution is 2.48. The molecule has 3 heteroatoms. The number of hydrogen-bond acceptors (Lipinski definition) is 3. The average Bonchev–Trinajstić information content (AvgIpc) is 3.09. The normalized spacial score (nSPS) is 33.2. The molecule has 2 aliphatic carbocycles. The molecule has 1 saturated carbocycles. The van der Waals surface area contributed by atoms with Crippen LogP contribution in [-0.2, 0) is 4.79 Å². The Morgan fingerprint density at radius 3 is 2.68 bits per heavy atom. The highest BCUT2D eigenvalue weighted by Gasteiger charge is 2.49. The van der Waals surface area contributed by atoms with E-state index in [1.54, 1.807) is 0 Å². The van der Waals surface area contributed by atoms with Gasteiger partial charge in [-0.05, 0) is 23.8 Å². The van der Waals surface area contributed by atoms with Gasteiger partial charge in [-0.2, -0.15) is 0 Å². The smallest absolute Gasteiger partial charge is 0.161 e. The van der Waals surface area contributed by atoms with Gasteiger partial charge in [0.1, 0.15) is 6.23 Å². The highest BCUT2D eigenvalue weighted by molar-refractivity contribution is 6.06. The molecule has 1 aromatic carbocycles. The van der Waals surface area contributed by atoms with Crippen LogP contribution in [0.5, 0.6) is 0 Å². The summed E-state index contributed by atoms with van der Waals surface area (Å²) in [5.41, 5.74) is 2.60. The summed E-state index contributed by atoms with van der Waals surface area (Å²) in [5, 5.41) is 13.6. The lowest BCUT2D eigenvalue weighted by molar-refractivity contribution is -0.114. The monoisotopic (exact) mass is 293 g/mol. The Bertz CT molecular complexity index is 687. The summed E-state index contributed by atoms with van der Waals surface area (Å²) < 4.78 is 0. The number of ketones is 1. The molecule has 1 heterocycles. The number of carbonyl (C=O) groups is 1. The predicted octanol–water partition coefficient (Wildman–Crippen LogP) is 2.66. The number of aliphatic hydroxyl groups excluding tert-OH is 1. The van der Waals surface area contributed by atoms with Crippen LogP contribution in [0.15, 0.2) is 60.2 Å². The maximum Gasteiger partial charge on any atom is 0.161 e. The molecule has 4 unspecified atom stereocenters. The van der Waals surface area contributed by atoms with Crippen molar-refractivity contribution in [2.75, 3.05) is 0 Å². The minimum absolute atomic E-state index is 0.0937. The lowest BCUT2D eigenvalue weighted by atomic mass is 9.79. The van der Waals surface area contributed by atoms with Crippen LogP contribution >= 0.6 is 0 Å². The van der Waals surface area contributed by atoms with Gasteiger partial charge in [0.25, 0.3) is 0 Å². The molecule has 0 spiro atoms. The Morgan fingerprint density at radius 2 is 1.95 bits per heavy atom. The minimum atomic E-state index is -0.666. The standard InChI is InChI=1S/C19H19NO2/c21-15-11-14(12-7-3-1-4-8-12)16-17(15)18(20-19(16)22)13-9-5-2-6-10-13/h1-7,9-10,12,14,16,19-20,22H,8,11H2. The second-order valence-electron chi connectivity index (χ2n) is 6.27. The van der Waals surface area contributed by atoms with Gasteiger partial charge >= 0.3 is 0 Å². The van der Waals surface area contributed by atoms with Crippen LogP contribution in [0.1, 0.15) is 18.4 Å².